The van der Waals surface area contributed by atoms with Crippen LogP contribution in [-0.2, 0) is 9.53 Å². The Labute approximate surface area is 112 Å². The molecule has 0 bridgehead atoms. The first-order valence-electron chi connectivity index (χ1n) is 6.71. The second kappa shape index (κ2) is 6.61. The highest BCUT2D eigenvalue weighted by Gasteiger charge is 2.35. The number of aromatic nitrogens is 1. The Morgan fingerprint density at radius 3 is 3.05 bits per heavy atom. The van der Waals surface area contributed by atoms with Gasteiger partial charge in [0, 0.05) is 24.7 Å². The van der Waals surface area contributed by atoms with Crippen LogP contribution in [0.2, 0.25) is 0 Å². The van der Waals surface area contributed by atoms with Gasteiger partial charge in [0.2, 0.25) is 0 Å². The third kappa shape index (κ3) is 3.50. The molecule has 0 spiro atoms. The van der Waals surface area contributed by atoms with E-state index in [1.807, 2.05) is 0 Å². The fraction of sp³-hybridized carbons (Fsp3) is 0.571. The lowest BCUT2D eigenvalue weighted by Gasteiger charge is -2.16. The largest absolute Gasteiger partial charge is 0.465 e. The van der Waals surface area contributed by atoms with Crippen LogP contribution in [0.25, 0.3) is 0 Å². The SMILES string of the molecule is CCCCOC(=O)[C@@H]1CNC[C@H]1c1ccc(F)cn1. The zero-order chi connectivity index (χ0) is 13.7. The van der Waals surface area contributed by atoms with Crippen molar-refractivity contribution < 1.29 is 13.9 Å². The van der Waals surface area contributed by atoms with Gasteiger partial charge in [-0.05, 0) is 18.6 Å². The number of rotatable bonds is 5. The molecule has 2 atom stereocenters. The van der Waals surface area contributed by atoms with E-state index in [2.05, 4.69) is 17.2 Å². The highest BCUT2D eigenvalue weighted by atomic mass is 19.1. The van der Waals surface area contributed by atoms with E-state index in [4.69, 9.17) is 4.74 Å². The van der Waals surface area contributed by atoms with E-state index < -0.39 is 0 Å². The molecule has 0 saturated carbocycles. The summed E-state index contributed by atoms with van der Waals surface area (Å²) in [5.41, 5.74) is 0.740. The summed E-state index contributed by atoms with van der Waals surface area (Å²) in [6, 6.07) is 3.01. The van der Waals surface area contributed by atoms with Crippen molar-refractivity contribution in [1.82, 2.24) is 10.3 Å². The summed E-state index contributed by atoms with van der Waals surface area (Å²) in [6.45, 7) is 3.78. The summed E-state index contributed by atoms with van der Waals surface area (Å²) in [6.07, 6.45) is 3.07. The van der Waals surface area contributed by atoms with Gasteiger partial charge in [-0.1, -0.05) is 13.3 Å². The Bertz CT molecular complexity index is 422. The van der Waals surface area contributed by atoms with Crippen molar-refractivity contribution in [3.8, 4) is 0 Å². The van der Waals surface area contributed by atoms with Gasteiger partial charge in [0.05, 0.1) is 18.7 Å². The average molecular weight is 266 g/mol. The van der Waals surface area contributed by atoms with Gasteiger partial charge in [-0.2, -0.15) is 0 Å². The van der Waals surface area contributed by atoms with Crippen LogP contribution in [0.15, 0.2) is 18.3 Å². The zero-order valence-electron chi connectivity index (χ0n) is 11.1. The predicted molar refractivity (Wildman–Crippen MR) is 69.2 cm³/mol. The molecule has 1 N–H and O–H groups in total. The molecule has 1 aliphatic rings. The van der Waals surface area contributed by atoms with Crippen LogP contribution >= 0.6 is 0 Å². The number of esters is 1. The lowest BCUT2D eigenvalue weighted by atomic mass is 9.92. The predicted octanol–water partition coefficient (Wildman–Crippen LogP) is 1.87. The number of halogens is 1. The lowest BCUT2D eigenvalue weighted by molar-refractivity contribution is -0.148. The molecule has 1 aromatic rings. The van der Waals surface area contributed by atoms with E-state index in [0.29, 0.717) is 19.7 Å². The quantitative estimate of drug-likeness (QED) is 0.653. The molecule has 104 valence electrons. The fourth-order valence-electron chi connectivity index (χ4n) is 2.27. The molecule has 0 aromatic carbocycles. The van der Waals surface area contributed by atoms with Crippen molar-refractivity contribution >= 4 is 5.97 Å². The molecular weight excluding hydrogens is 247 g/mol. The number of ether oxygens (including phenoxy) is 1. The smallest absolute Gasteiger partial charge is 0.310 e. The van der Waals surface area contributed by atoms with Gasteiger partial charge >= 0.3 is 5.97 Å². The lowest BCUT2D eigenvalue weighted by Crippen LogP contribution is -2.25. The first kappa shape index (κ1) is 13.9. The first-order chi connectivity index (χ1) is 9.22. The summed E-state index contributed by atoms with van der Waals surface area (Å²) in [5.74, 6) is -0.809. The maximum atomic E-state index is 12.9. The van der Waals surface area contributed by atoms with Crippen molar-refractivity contribution in [2.75, 3.05) is 19.7 Å². The molecule has 4 nitrogen and oxygen atoms in total. The molecule has 5 heteroatoms. The fourth-order valence-corrected chi connectivity index (χ4v) is 2.27. The Balaban J connectivity index is 2.00. The van der Waals surface area contributed by atoms with Crippen LogP contribution < -0.4 is 5.32 Å². The maximum absolute atomic E-state index is 12.9. The number of hydrogen-bond acceptors (Lipinski definition) is 4. The number of unbranched alkanes of at least 4 members (excludes halogenated alkanes) is 1. The minimum absolute atomic E-state index is 0.0327. The van der Waals surface area contributed by atoms with Gasteiger partial charge in [0.25, 0.3) is 0 Å². The second-order valence-electron chi connectivity index (χ2n) is 4.79. The summed E-state index contributed by atoms with van der Waals surface area (Å²) < 4.78 is 18.1. The molecule has 0 radical (unpaired) electrons. The highest BCUT2D eigenvalue weighted by molar-refractivity contribution is 5.74. The van der Waals surface area contributed by atoms with Crippen LogP contribution in [0.4, 0.5) is 4.39 Å². The van der Waals surface area contributed by atoms with Crippen LogP contribution in [0.1, 0.15) is 31.4 Å². The number of nitrogens with zero attached hydrogens (tertiary/aromatic N) is 1. The summed E-state index contributed by atoms with van der Waals surface area (Å²) in [7, 11) is 0. The molecule has 1 fully saturated rings. The van der Waals surface area contributed by atoms with E-state index in [1.165, 1.54) is 12.3 Å². The minimum Gasteiger partial charge on any atom is -0.465 e. The van der Waals surface area contributed by atoms with E-state index in [0.717, 1.165) is 18.5 Å². The average Bonchev–Trinajstić information content (AvgIpc) is 2.89. The zero-order valence-corrected chi connectivity index (χ0v) is 11.1. The molecule has 0 amide bonds. The molecule has 1 aliphatic heterocycles. The number of carbonyl (C=O) groups is 1. The van der Waals surface area contributed by atoms with Crippen LogP contribution in [0.3, 0.4) is 0 Å². The van der Waals surface area contributed by atoms with Crippen LogP contribution in [0.5, 0.6) is 0 Å². The Morgan fingerprint density at radius 2 is 2.37 bits per heavy atom. The van der Waals surface area contributed by atoms with Gasteiger partial charge in [0.15, 0.2) is 0 Å². The van der Waals surface area contributed by atoms with E-state index in [1.54, 1.807) is 6.07 Å². The standard InChI is InChI=1S/C14H19FN2O2/c1-2-3-6-19-14(18)12-9-16-8-11(12)13-5-4-10(15)7-17-13/h4-5,7,11-12,16H,2-3,6,8-9H2,1H3/t11-,12-/m1/s1. The van der Waals surface area contributed by atoms with E-state index in [-0.39, 0.29) is 23.6 Å². The number of pyridine rings is 1. The van der Waals surface area contributed by atoms with Crippen molar-refractivity contribution in [2.45, 2.75) is 25.7 Å². The van der Waals surface area contributed by atoms with Crippen LogP contribution in [0, 0.1) is 11.7 Å². The molecule has 1 saturated heterocycles. The summed E-state index contributed by atoms with van der Waals surface area (Å²) in [4.78, 5) is 16.1. The molecule has 2 heterocycles. The van der Waals surface area contributed by atoms with Gasteiger partial charge < -0.3 is 10.1 Å². The molecular formula is C14H19FN2O2. The van der Waals surface area contributed by atoms with Gasteiger partial charge in [-0.15, -0.1) is 0 Å². The minimum atomic E-state index is -0.364. The second-order valence-corrected chi connectivity index (χ2v) is 4.79. The van der Waals surface area contributed by atoms with E-state index in [9.17, 15) is 9.18 Å². The number of hydrogen-bond donors (Lipinski definition) is 1. The monoisotopic (exact) mass is 266 g/mol. The molecule has 19 heavy (non-hydrogen) atoms. The topological polar surface area (TPSA) is 51.2 Å². The molecule has 2 rings (SSSR count). The molecule has 0 aliphatic carbocycles. The molecule has 1 aromatic heterocycles. The summed E-state index contributed by atoms with van der Waals surface area (Å²) >= 11 is 0. The molecule has 0 unspecified atom stereocenters. The van der Waals surface area contributed by atoms with Crippen molar-refractivity contribution in [3.05, 3.63) is 29.8 Å². The van der Waals surface area contributed by atoms with E-state index >= 15 is 0 Å². The van der Waals surface area contributed by atoms with Crippen molar-refractivity contribution in [1.29, 1.82) is 0 Å². The Kier molecular flexibility index (Phi) is 4.85. The maximum Gasteiger partial charge on any atom is 0.310 e. The Hall–Kier alpha value is -1.49. The summed E-state index contributed by atoms with van der Waals surface area (Å²) in [5, 5.41) is 3.17. The number of carbonyl (C=O) groups excluding carboxylic acids is 1. The van der Waals surface area contributed by atoms with Gasteiger partial charge in [-0.3, -0.25) is 9.78 Å². The third-order valence-electron chi connectivity index (χ3n) is 3.39. The number of nitrogens with one attached hydrogen (secondary N) is 1. The van der Waals surface area contributed by atoms with Gasteiger partial charge in [0.1, 0.15) is 5.82 Å². The third-order valence-corrected chi connectivity index (χ3v) is 3.39. The highest BCUT2D eigenvalue weighted by Crippen LogP contribution is 2.27. The van der Waals surface area contributed by atoms with Crippen molar-refractivity contribution in [2.24, 2.45) is 5.92 Å². The first-order valence-corrected chi connectivity index (χ1v) is 6.71. The van der Waals surface area contributed by atoms with Crippen LogP contribution in [-0.4, -0.2) is 30.6 Å². The van der Waals surface area contributed by atoms with Crippen molar-refractivity contribution in [3.63, 3.8) is 0 Å². The normalized spacial score (nSPS) is 22.4. The Morgan fingerprint density at radius 1 is 1.53 bits per heavy atom. The van der Waals surface area contributed by atoms with Gasteiger partial charge in [-0.25, -0.2) is 4.39 Å².